The van der Waals surface area contributed by atoms with Crippen LogP contribution in [0.2, 0.25) is 0 Å². The average Bonchev–Trinajstić information content (AvgIpc) is 2.86. The van der Waals surface area contributed by atoms with E-state index in [1.54, 1.807) is 12.1 Å². The molecule has 0 aliphatic heterocycles. The van der Waals surface area contributed by atoms with E-state index in [1.165, 1.54) is 7.11 Å². The number of hydrogen-bond acceptors (Lipinski definition) is 4. The summed E-state index contributed by atoms with van der Waals surface area (Å²) in [6.45, 7) is 1.41. The van der Waals surface area contributed by atoms with Crippen molar-refractivity contribution < 1.29 is 14.6 Å². The van der Waals surface area contributed by atoms with E-state index in [1.807, 2.05) is 13.1 Å². The Morgan fingerprint density at radius 2 is 2.10 bits per heavy atom. The molecule has 0 heterocycles. The van der Waals surface area contributed by atoms with E-state index in [-0.39, 0.29) is 5.97 Å². The molecule has 1 aliphatic carbocycles. The number of hydrogen-bond donors (Lipinski definition) is 1. The summed E-state index contributed by atoms with van der Waals surface area (Å²) in [5.41, 5.74) is 1.09. The lowest BCUT2D eigenvalue weighted by Crippen LogP contribution is -2.38. The summed E-state index contributed by atoms with van der Waals surface area (Å²) in [7, 11) is 3.39. The van der Waals surface area contributed by atoms with Crippen LogP contribution in [0.25, 0.3) is 0 Å². The molecule has 0 saturated heterocycles. The van der Waals surface area contributed by atoms with Crippen LogP contribution in [-0.2, 0) is 11.3 Å². The first-order valence-corrected chi connectivity index (χ1v) is 8.00. The van der Waals surface area contributed by atoms with Crippen molar-refractivity contribution >= 4 is 21.9 Å². The minimum Gasteiger partial charge on any atom is -0.465 e. The molecule has 21 heavy (non-hydrogen) atoms. The maximum Gasteiger partial charge on any atom is 0.337 e. The maximum atomic E-state index is 11.5. The molecule has 0 unspecified atom stereocenters. The van der Waals surface area contributed by atoms with Gasteiger partial charge in [0, 0.05) is 17.6 Å². The van der Waals surface area contributed by atoms with Crippen molar-refractivity contribution in [1.82, 2.24) is 4.90 Å². The summed E-state index contributed by atoms with van der Waals surface area (Å²) < 4.78 is 5.60. The van der Waals surface area contributed by atoms with Gasteiger partial charge in [0.2, 0.25) is 0 Å². The summed E-state index contributed by atoms with van der Waals surface area (Å²) in [6.07, 6.45) is 4.00. The second-order valence-corrected chi connectivity index (χ2v) is 6.76. The number of nitrogens with zero attached hydrogens (tertiary/aromatic N) is 1. The molecule has 1 aromatic carbocycles. The highest BCUT2D eigenvalue weighted by Crippen LogP contribution is 2.30. The van der Waals surface area contributed by atoms with Crippen molar-refractivity contribution in [2.75, 3.05) is 20.7 Å². The Labute approximate surface area is 134 Å². The van der Waals surface area contributed by atoms with Gasteiger partial charge in [-0.1, -0.05) is 34.8 Å². The third-order valence-corrected chi connectivity index (χ3v) is 4.75. The lowest BCUT2D eigenvalue weighted by Gasteiger charge is -2.28. The van der Waals surface area contributed by atoms with Crippen molar-refractivity contribution in [2.45, 2.75) is 37.8 Å². The molecular weight excluding hydrogens is 334 g/mol. The molecule has 1 aliphatic rings. The summed E-state index contributed by atoms with van der Waals surface area (Å²) in [5, 5.41) is 10.4. The van der Waals surface area contributed by atoms with Crippen LogP contribution in [0, 0.1) is 0 Å². The SMILES string of the molecule is COC(=O)c1ccc(CN(C)CC2(O)CCCC2)c(Br)c1. The smallest absolute Gasteiger partial charge is 0.337 e. The van der Waals surface area contributed by atoms with E-state index in [9.17, 15) is 9.90 Å². The third kappa shape index (κ3) is 4.28. The van der Waals surface area contributed by atoms with E-state index in [4.69, 9.17) is 4.74 Å². The zero-order chi connectivity index (χ0) is 15.5. The second-order valence-electron chi connectivity index (χ2n) is 5.90. The molecule has 0 amide bonds. The van der Waals surface area contributed by atoms with Gasteiger partial charge >= 0.3 is 5.97 Å². The molecule has 1 N–H and O–H groups in total. The first-order chi connectivity index (χ1) is 9.93. The van der Waals surface area contributed by atoms with Crippen LogP contribution in [0.15, 0.2) is 22.7 Å². The van der Waals surface area contributed by atoms with Crippen LogP contribution < -0.4 is 0 Å². The predicted octanol–water partition coefficient (Wildman–Crippen LogP) is 2.97. The molecule has 2 rings (SSSR count). The number of likely N-dealkylation sites (N-methyl/N-ethyl adjacent to an activating group) is 1. The molecule has 5 heteroatoms. The standard InChI is InChI=1S/C16H22BrNO3/c1-18(11-16(20)7-3-4-8-16)10-13-6-5-12(9-14(13)17)15(19)21-2/h5-6,9,20H,3-4,7-8,10-11H2,1-2H3. The number of aliphatic hydroxyl groups is 1. The number of rotatable bonds is 5. The fourth-order valence-electron chi connectivity index (χ4n) is 2.96. The Kier molecular flexibility index (Phi) is 5.41. The van der Waals surface area contributed by atoms with Crippen LogP contribution in [0.4, 0.5) is 0 Å². The van der Waals surface area contributed by atoms with Crippen LogP contribution in [-0.4, -0.2) is 42.3 Å². The normalized spacial score (nSPS) is 17.2. The molecule has 0 bridgehead atoms. The van der Waals surface area contributed by atoms with Gasteiger partial charge in [0.05, 0.1) is 18.3 Å². The molecular formula is C16H22BrNO3. The van der Waals surface area contributed by atoms with Crippen LogP contribution >= 0.6 is 15.9 Å². The third-order valence-electron chi connectivity index (χ3n) is 4.01. The summed E-state index contributed by atoms with van der Waals surface area (Å²) >= 11 is 3.50. The number of ether oxygens (including phenoxy) is 1. The Balaban J connectivity index is 2.00. The van der Waals surface area contributed by atoms with Gasteiger partial charge in [-0.2, -0.15) is 0 Å². The number of halogens is 1. The summed E-state index contributed by atoms with van der Waals surface area (Å²) in [5.74, 6) is -0.337. The maximum absolute atomic E-state index is 11.5. The Morgan fingerprint density at radius 3 is 2.67 bits per heavy atom. The van der Waals surface area contributed by atoms with Crippen molar-refractivity contribution in [3.63, 3.8) is 0 Å². The molecule has 4 nitrogen and oxygen atoms in total. The monoisotopic (exact) mass is 355 g/mol. The van der Waals surface area contributed by atoms with E-state index in [0.717, 1.165) is 42.3 Å². The molecule has 1 fully saturated rings. The number of esters is 1. The summed E-state index contributed by atoms with van der Waals surface area (Å²) in [6, 6.07) is 5.47. The number of carbonyl (C=O) groups is 1. The highest BCUT2D eigenvalue weighted by Gasteiger charge is 2.32. The van der Waals surface area contributed by atoms with E-state index in [0.29, 0.717) is 12.1 Å². The highest BCUT2D eigenvalue weighted by molar-refractivity contribution is 9.10. The van der Waals surface area contributed by atoms with E-state index >= 15 is 0 Å². The van der Waals surface area contributed by atoms with Crippen LogP contribution in [0.1, 0.15) is 41.6 Å². The van der Waals surface area contributed by atoms with Gasteiger partial charge in [0.1, 0.15) is 0 Å². The van der Waals surface area contributed by atoms with Gasteiger partial charge in [-0.3, -0.25) is 4.90 Å². The van der Waals surface area contributed by atoms with Crippen molar-refractivity contribution in [3.8, 4) is 0 Å². The fourth-order valence-corrected chi connectivity index (χ4v) is 3.46. The van der Waals surface area contributed by atoms with E-state index in [2.05, 4.69) is 20.8 Å². The Hall–Kier alpha value is -0.910. The van der Waals surface area contributed by atoms with E-state index < -0.39 is 5.60 Å². The number of carbonyl (C=O) groups excluding carboxylic acids is 1. The molecule has 0 radical (unpaired) electrons. The number of benzene rings is 1. The molecule has 116 valence electrons. The molecule has 0 atom stereocenters. The zero-order valence-electron chi connectivity index (χ0n) is 12.6. The second kappa shape index (κ2) is 6.90. The fraction of sp³-hybridized carbons (Fsp3) is 0.562. The van der Waals surface area contributed by atoms with Crippen LogP contribution in [0.5, 0.6) is 0 Å². The van der Waals surface area contributed by atoms with Gasteiger partial charge in [-0.05, 0) is 37.6 Å². The molecule has 1 saturated carbocycles. The van der Waals surface area contributed by atoms with Gasteiger partial charge in [0.25, 0.3) is 0 Å². The van der Waals surface area contributed by atoms with Crippen molar-refractivity contribution in [3.05, 3.63) is 33.8 Å². The zero-order valence-corrected chi connectivity index (χ0v) is 14.1. The van der Waals surface area contributed by atoms with Gasteiger partial charge < -0.3 is 9.84 Å². The van der Waals surface area contributed by atoms with Gasteiger partial charge in [-0.25, -0.2) is 4.79 Å². The number of methoxy groups -OCH3 is 1. The minimum atomic E-state index is -0.535. The molecule has 0 aromatic heterocycles. The minimum absolute atomic E-state index is 0.337. The average molecular weight is 356 g/mol. The predicted molar refractivity (Wildman–Crippen MR) is 85.2 cm³/mol. The van der Waals surface area contributed by atoms with Crippen molar-refractivity contribution in [1.29, 1.82) is 0 Å². The van der Waals surface area contributed by atoms with Gasteiger partial charge in [0.15, 0.2) is 0 Å². The topological polar surface area (TPSA) is 49.8 Å². The first kappa shape index (κ1) is 16.5. The Bertz CT molecular complexity index is 512. The lowest BCUT2D eigenvalue weighted by molar-refractivity contribution is 0.0145. The molecule has 0 spiro atoms. The summed E-state index contributed by atoms with van der Waals surface area (Å²) in [4.78, 5) is 13.6. The van der Waals surface area contributed by atoms with Crippen molar-refractivity contribution in [2.24, 2.45) is 0 Å². The first-order valence-electron chi connectivity index (χ1n) is 7.21. The quantitative estimate of drug-likeness (QED) is 0.825. The highest BCUT2D eigenvalue weighted by atomic mass is 79.9. The molecule has 1 aromatic rings. The Morgan fingerprint density at radius 1 is 1.43 bits per heavy atom. The largest absolute Gasteiger partial charge is 0.465 e. The lowest BCUT2D eigenvalue weighted by atomic mass is 10.0. The van der Waals surface area contributed by atoms with Crippen LogP contribution in [0.3, 0.4) is 0 Å². The van der Waals surface area contributed by atoms with Gasteiger partial charge in [-0.15, -0.1) is 0 Å².